The van der Waals surface area contributed by atoms with E-state index in [1.54, 1.807) is 18.2 Å². The molecule has 130 valence electrons. The van der Waals surface area contributed by atoms with Crippen LogP contribution >= 0.6 is 23.2 Å². The Morgan fingerprint density at radius 3 is 2.43 bits per heavy atom. The monoisotopic (exact) mass is 378 g/mol. The van der Waals surface area contributed by atoms with Gasteiger partial charge in [-0.1, -0.05) is 42.1 Å². The molecule has 1 fully saturated rings. The van der Waals surface area contributed by atoms with Crippen LogP contribution in [-0.2, 0) is 15.8 Å². The summed E-state index contributed by atoms with van der Waals surface area (Å²) in [7, 11) is -3.38. The number of sulfonamides is 1. The summed E-state index contributed by atoms with van der Waals surface area (Å²) in [5.74, 6) is -0.118. The number of rotatable bonds is 7. The van der Waals surface area contributed by atoms with E-state index in [0.29, 0.717) is 22.2 Å². The van der Waals surface area contributed by atoms with Gasteiger partial charge >= 0.3 is 0 Å². The van der Waals surface area contributed by atoms with Crippen molar-refractivity contribution in [2.45, 2.75) is 37.9 Å². The quantitative estimate of drug-likeness (QED) is 0.736. The van der Waals surface area contributed by atoms with Crippen LogP contribution in [0.1, 0.15) is 37.7 Å². The average Bonchev–Trinajstić information content (AvgIpc) is 2.75. The summed E-state index contributed by atoms with van der Waals surface area (Å²) in [6.45, 7) is 3.68. The highest BCUT2D eigenvalue weighted by molar-refractivity contribution is 7.88. The Bertz CT molecular complexity index is 600. The third-order valence-electron chi connectivity index (χ3n) is 4.03. The minimum atomic E-state index is -3.38. The number of halogens is 2. The van der Waals surface area contributed by atoms with Crippen LogP contribution < -0.4 is 4.72 Å². The van der Waals surface area contributed by atoms with E-state index in [4.69, 9.17) is 23.2 Å². The zero-order valence-corrected chi connectivity index (χ0v) is 15.6. The SMILES string of the molecule is O=S(=O)(Cc1ccc(Cl)cc1Cl)NCCCN1CCCCCC1. The lowest BCUT2D eigenvalue weighted by molar-refractivity contribution is 0.282. The van der Waals surface area contributed by atoms with Gasteiger partial charge in [-0.15, -0.1) is 0 Å². The van der Waals surface area contributed by atoms with Crippen molar-refractivity contribution in [1.29, 1.82) is 0 Å². The van der Waals surface area contributed by atoms with Crippen molar-refractivity contribution in [3.8, 4) is 0 Å². The number of hydrogen-bond acceptors (Lipinski definition) is 3. The topological polar surface area (TPSA) is 49.4 Å². The molecular formula is C16H24Cl2N2O2S. The first-order chi connectivity index (χ1) is 11.0. The van der Waals surface area contributed by atoms with Crippen LogP contribution in [0.4, 0.5) is 0 Å². The predicted octanol–water partition coefficient (Wildman–Crippen LogP) is 3.68. The fourth-order valence-electron chi connectivity index (χ4n) is 2.78. The third kappa shape index (κ3) is 6.98. The van der Waals surface area contributed by atoms with Gasteiger partial charge in [-0.05, 0) is 56.6 Å². The molecular weight excluding hydrogens is 355 g/mol. The summed E-state index contributed by atoms with van der Waals surface area (Å²) in [6.07, 6.45) is 5.95. The van der Waals surface area contributed by atoms with Gasteiger partial charge < -0.3 is 4.90 Å². The van der Waals surface area contributed by atoms with Gasteiger partial charge in [0.05, 0.1) is 5.75 Å². The Morgan fingerprint density at radius 2 is 1.78 bits per heavy atom. The van der Waals surface area contributed by atoms with E-state index in [9.17, 15) is 8.42 Å². The van der Waals surface area contributed by atoms with Gasteiger partial charge in [-0.3, -0.25) is 0 Å². The number of nitrogens with one attached hydrogen (secondary N) is 1. The molecule has 0 unspecified atom stereocenters. The molecule has 0 aliphatic carbocycles. The van der Waals surface area contributed by atoms with Crippen LogP contribution in [0.25, 0.3) is 0 Å². The second-order valence-corrected chi connectivity index (χ2v) is 8.65. The van der Waals surface area contributed by atoms with Crippen molar-refractivity contribution in [2.75, 3.05) is 26.2 Å². The minimum absolute atomic E-state index is 0.118. The molecule has 2 rings (SSSR count). The molecule has 0 aromatic heterocycles. The van der Waals surface area contributed by atoms with Gasteiger partial charge in [0.15, 0.2) is 0 Å². The Morgan fingerprint density at radius 1 is 1.09 bits per heavy atom. The number of nitrogens with zero attached hydrogens (tertiary/aromatic N) is 1. The van der Waals surface area contributed by atoms with Gasteiger partial charge in [0, 0.05) is 16.6 Å². The Hall–Kier alpha value is -0.330. The Balaban J connectivity index is 1.75. The van der Waals surface area contributed by atoms with Gasteiger partial charge in [-0.2, -0.15) is 0 Å². The van der Waals surface area contributed by atoms with Crippen LogP contribution in [0.3, 0.4) is 0 Å². The van der Waals surface area contributed by atoms with E-state index in [1.807, 2.05) is 0 Å². The molecule has 4 nitrogen and oxygen atoms in total. The molecule has 1 N–H and O–H groups in total. The van der Waals surface area contributed by atoms with E-state index in [2.05, 4.69) is 9.62 Å². The first kappa shape index (κ1) is 19.0. The molecule has 0 spiro atoms. The summed E-state index contributed by atoms with van der Waals surface area (Å²) in [4.78, 5) is 2.43. The molecule has 0 atom stereocenters. The van der Waals surface area contributed by atoms with E-state index in [-0.39, 0.29) is 5.75 Å². The smallest absolute Gasteiger partial charge is 0.215 e. The summed E-state index contributed by atoms with van der Waals surface area (Å²) < 4.78 is 26.9. The van der Waals surface area contributed by atoms with Crippen molar-refractivity contribution in [1.82, 2.24) is 9.62 Å². The Labute approximate surface area is 149 Å². The molecule has 1 saturated heterocycles. The lowest BCUT2D eigenvalue weighted by atomic mass is 10.2. The van der Waals surface area contributed by atoms with Crippen molar-refractivity contribution >= 4 is 33.2 Å². The predicted molar refractivity (Wildman–Crippen MR) is 96.6 cm³/mol. The molecule has 0 saturated carbocycles. The second-order valence-electron chi connectivity index (χ2n) is 6.00. The number of hydrogen-bond donors (Lipinski definition) is 1. The molecule has 7 heteroatoms. The number of benzene rings is 1. The van der Waals surface area contributed by atoms with Gasteiger partial charge in [0.25, 0.3) is 0 Å². The van der Waals surface area contributed by atoms with Crippen LogP contribution in [0.15, 0.2) is 18.2 Å². The maximum atomic E-state index is 12.1. The average molecular weight is 379 g/mol. The van der Waals surface area contributed by atoms with E-state index in [1.165, 1.54) is 25.7 Å². The molecule has 1 heterocycles. The van der Waals surface area contributed by atoms with Gasteiger partial charge in [0.1, 0.15) is 0 Å². The highest BCUT2D eigenvalue weighted by Crippen LogP contribution is 2.22. The van der Waals surface area contributed by atoms with Crippen molar-refractivity contribution in [2.24, 2.45) is 0 Å². The maximum absolute atomic E-state index is 12.1. The van der Waals surface area contributed by atoms with Crippen molar-refractivity contribution in [3.05, 3.63) is 33.8 Å². The molecule has 1 aromatic rings. The largest absolute Gasteiger partial charge is 0.303 e. The lowest BCUT2D eigenvalue weighted by Gasteiger charge is -2.19. The second kappa shape index (κ2) is 9.23. The van der Waals surface area contributed by atoms with E-state index < -0.39 is 10.0 Å². The van der Waals surface area contributed by atoms with Crippen LogP contribution in [0.5, 0.6) is 0 Å². The van der Waals surface area contributed by atoms with Crippen LogP contribution in [0.2, 0.25) is 10.0 Å². The third-order valence-corrected chi connectivity index (χ3v) is 5.95. The fourth-order valence-corrected chi connectivity index (χ4v) is 4.56. The molecule has 1 aromatic carbocycles. The van der Waals surface area contributed by atoms with Crippen molar-refractivity contribution in [3.63, 3.8) is 0 Å². The first-order valence-electron chi connectivity index (χ1n) is 8.10. The van der Waals surface area contributed by atoms with E-state index >= 15 is 0 Å². The summed E-state index contributed by atoms with van der Waals surface area (Å²) in [5.41, 5.74) is 0.566. The highest BCUT2D eigenvalue weighted by atomic mass is 35.5. The minimum Gasteiger partial charge on any atom is -0.303 e. The van der Waals surface area contributed by atoms with Gasteiger partial charge in [0.2, 0.25) is 10.0 Å². The summed E-state index contributed by atoms with van der Waals surface area (Å²) >= 11 is 11.9. The van der Waals surface area contributed by atoms with Crippen molar-refractivity contribution < 1.29 is 8.42 Å². The first-order valence-corrected chi connectivity index (χ1v) is 10.5. The van der Waals surface area contributed by atoms with E-state index in [0.717, 1.165) is 26.1 Å². The molecule has 0 bridgehead atoms. The number of likely N-dealkylation sites (tertiary alicyclic amines) is 1. The summed E-state index contributed by atoms with van der Waals surface area (Å²) in [6, 6.07) is 4.87. The lowest BCUT2D eigenvalue weighted by Crippen LogP contribution is -2.31. The highest BCUT2D eigenvalue weighted by Gasteiger charge is 2.14. The van der Waals surface area contributed by atoms with Crippen LogP contribution in [-0.4, -0.2) is 39.5 Å². The zero-order valence-electron chi connectivity index (χ0n) is 13.2. The van der Waals surface area contributed by atoms with Crippen LogP contribution in [0, 0.1) is 0 Å². The zero-order chi connectivity index (χ0) is 16.7. The maximum Gasteiger partial charge on any atom is 0.215 e. The fraction of sp³-hybridized carbons (Fsp3) is 0.625. The van der Waals surface area contributed by atoms with Gasteiger partial charge in [-0.25, -0.2) is 13.1 Å². The normalized spacial score (nSPS) is 17.1. The molecule has 0 radical (unpaired) electrons. The molecule has 1 aliphatic rings. The Kier molecular flexibility index (Phi) is 7.63. The molecule has 1 aliphatic heterocycles. The summed E-state index contributed by atoms with van der Waals surface area (Å²) in [5, 5.41) is 0.883. The molecule has 0 amide bonds. The molecule has 23 heavy (non-hydrogen) atoms. The standard InChI is InChI=1S/C16H24Cl2N2O2S/c17-15-7-6-14(16(18)12-15)13-23(21,22)19-8-5-11-20-9-3-1-2-4-10-20/h6-7,12,19H,1-5,8-11,13H2.